The number of aromatic nitrogens is 3. The van der Waals surface area contributed by atoms with Gasteiger partial charge in [-0.3, -0.25) is 0 Å². The summed E-state index contributed by atoms with van der Waals surface area (Å²) >= 11 is 0. The van der Waals surface area contributed by atoms with Gasteiger partial charge in [0.05, 0.1) is 5.54 Å². The molecule has 4 heteroatoms. The van der Waals surface area contributed by atoms with E-state index in [0.29, 0.717) is 11.8 Å². The fourth-order valence-electron chi connectivity index (χ4n) is 2.06. The van der Waals surface area contributed by atoms with Crippen LogP contribution in [-0.2, 0) is 12.1 Å². The first-order valence-corrected chi connectivity index (χ1v) is 5.69. The summed E-state index contributed by atoms with van der Waals surface area (Å²) in [5, 5.41) is 8.17. The molecule has 0 aliphatic heterocycles. The van der Waals surface area contributed by atoms with Gasteiger partial charge in [0.25, 0.3) is 0 Å². The van der Waals surface area contributed by atoms with Crippen molar-refractivity contribution in [2.24, 2.45) is 17.6 Å². The van der Waals surface area contributed by atoms with Crippen molar-refractivity contribution in [1.82, 2.24) is 14.8 Å². The molecule has 1 saturated carbocycles. The van der Waals surface area contributed by atoms with Crippen LogP contribution in [0.1, 0.15) is 39.4 Å². The Kier molecular flexibility index (Phi) is 2.54. The van der Waals surface area contributed by atoms with Gasteiger partial charge in [-0.05, 0) is 31.6 Å². The van der Waals surface area contributed by atoms with Crippen molar-refractivity contribution in [2.45, 2.75) is 45.7 Å². The van der Waals surface area contributed by atoms with Crippen LogP contribution >= 0.6 is 0 Å². The average Bonchev–Trinajstić information content (AvgIpc) is 2.88. The van der Waals surface area contributed by atoms with Crippen LogP contribution in [0.25, 0.3) is 0 Å². The molecule has 0 amide bonds. The van der Waals surface area contributed by atoms with Gasteiger partial charge in [-0.25, -0.2) is 0 Å². The van der Waals surface area contributed by atoms with E-state index in [9.17, 15) is 0 Å². The summed E-state index contributed by atoms with van der Waals surface area (Å²) in [7, 11) is 0. The highest BCUT2D eigenvalue weighted by atomic mass is 15.3. The zero-order valence-corrected chi connectivity index (χ0v) is 9.77. The molecule has 1 aromatic heterocycles. The molecule has 15 heavy (non-hydrogen) atoms. The van der Waals surface area contributed by atoms with E-state index in [1.807, 2.05) is 0 Å². The van der Waals surface area contributed by atoms with Crippen molar-refractivity contribution in [3.63, 3.8) is 0 Å². The number of rotatable bonds is 4. The minimum absolute atomic E-state index is 0.300. The van der Waals surface area contributed by atoms with Crippen LogP contribution in [0, 0.1) is 11.8 Å². The molecule has 1 fully saturated rings. The molecule has 2 rings (SSSR count). The van der Waals surface area contributed by atoms with Gasteiger partial charge in [0.1, 0.15) is 6.33 Å². The summed E-state index contributed by atoms with van der Waals surface area (Å²) in [5.41, 5.74) is 6.04. The predicted molar refractivity (Wildman–Crippen MR) is 59.1 cm³/mol. The largest absolute Gasteiger partial charge is 0.319 e. The molecule has 2 N–H and O–H groups in total. The molecule has 1 aliphatic rings. The second-order valence-corrected chi connectivity index (χ2v) is 5.26. The Morgan fingerprint density at radius 1 is 1.60 bits per heavy atom. The van der Waals surface area contributed by atoms with E-state index in [1.54, 1.807) is 6.33 Å². The molecule has 4 nitrogen and oxygen atoms in total. The smallest absolute Gasteiger partial charge is 0.152 e. The number of hydrogen-bond donors (Lipinski definition) is 1. The summed E-state index contributed by atoms with van der Waals surface area (Å²) < 4.78 is 2.10. The highest BCUT2D eigenvalue weighted by Crippen LogP contribution is 2.43. The molecular weight excluding hydrogens is 188 g/mol. The normalized spacial score (nSPS) is 20.6. The SMILES string of the molecule is CC(C)Cn1cnnc1C(C)(N)C1CC1. The highest BCUT2D eigenvalue weighted by molar-refractivity contribution is 5.09. The number of nitrogens with two attached hydrogens (primary N) is 1. The van der Waals surface area contributed by atoms with Crippen LogP contribution < -0.4 is 5.73 Å². The van der Waals surface area contributed by atoms with Crippen LogP contribution in [0.3, 0.4) is 0 Å². The lowest BCUT2D eigenvalue weighted by Gasteiger charge is -2.24. The third kappa shape index (κ3) is 2.04. The van der Waals surface area contributed by atoms with E-state index < -0.39 is 0 Å². The van der Waals surface area contributed by atoms with Gasteiger partial charge in [0.2, 0.25) is 0 Å². The minimum atomic E-state index is -0.300. The number of hydrogen-bond acceptors (Lipinski definition) is 3. The van der Waals surface area contributed by atoms with Gasteiger partial charge in [-0.2, -0.15) is 0 Å². The van der Waals surface area contributed by atoms with Crippen molar-refractivity contribution in [3.05, 3.63) is 12.2 Å². The highest BCUT2D eigenvalue weighted by Gasteiger charge is 2.42. The summed E-state index contributed by atoms with van der Waals surface area (Å²) in [6.07, 6.45) is 4.24. The molecule has 0 aromatic carbocycles. The Balaban J connectivity index is 2.23. The zero-order chi connectivity index (χ0) is 11.1. The molecule has 1 aromatic rings. The number of nitrogens with zero attached hydrogens (tertiary/aromatic N) is 3. The van der Waals surface area contributed by atoms with Crippen LogP contribution in [0.4, 0.5) is 0 Å². The molecular formula is C11H20N4. The molecule has 0 bridgehead atoms. The molecule has 1 aliphatic carbocycles. The fourth-order valence-corrected chi connectivity index (χ4v) is 2.06. The fraction of sp³-hybridized carbons (Fsp3) is 0.818. The van der Waals surface area contributed by atoms with Crippen LogP contribution in [-0.4, -0.2) is 14.8 Å². The molecule has 0 saturated heterocycles. The van der Waals surface area contributed by atoms with E-state index in [1.165, 1.54) is 12.8 Å². The van der Waals surface area contributed by atoms with Crippen molar-refractivity contribution in [2.75, 3.05) is 0 Å². The third-order valence-corrected chi connectivity index (χ3v) is 3.08. The first-order valence-electron chi connectivity index (χ1n) is 5.69. The second kappa shape index (κ2) is 3.59. The van der Waals surface area contributed by atoms with Crippen molar-refractivity contribution in [3.8, 4) is 0 Å². The zero-order valence-electron chi connectivity index (χ0n) is 9.77. The molecule has 84 valence electrons. The maximum atomic E-state index is 6.34. The summed E-state index contributed by atoms with van der Waals surface area (Å²) in [6.45, 7) is 7.40. The lowest BCUT2D eigenvalue weighted by Crippen LogP contribution is -2.38. The lowest BCUT2D eigenvalue weighted by molar-refractivity contribution is 0.367. The molecule has 1 unspecified atom stereocenters. The standard InChI is InChI=1S/C11H20N4/c1-8(2)6-15-7-13-14-10(15)11(3,12)9-4-5-9/h7-9H,4-6,12H2,1-3H3. The molecule has 0 spiro atoms. The van der Waals surface area contributed by atoms with Crippen molar-refractivity contribution in [1.29, 1.82) is 0 Å². The van der Waals surface area contributed by atoms with E-state index in [0.717, 1.165) is 12.4 Å². The monoisotopic (exact) mass is 208 g/mol. The Labute approximate surface area is 90.9 Å². The maximum absolute atomic E-state index is 6.34. The average molecular weight is 208 g/mol. The third-order valence-electron chi connectivity index (χ3n) is 3.08. The first kappa shape index (κ1) is 10.6. The summed E-state index contributed by atoms with van der Waals surface area (Å²) in [6, 6.07) is 0. The molecule has 1 atom stereocenters. The molecule has 1 heterocycles. The van der Waals surface area contributed by atoms with E-state index in [4.69, 9.17) is 5.73 Å². The van der Waals surface area contributed by atoms with Gasteiger partial charge in [-0.1, -0.05) is 13.8 Å². The minimum Gasteiger partial charge on any atom is -0.319 e. The predicted octanol–water partition coefficient (Wildman–Crippen LogP) is 1.52. The van der Waals surface area contributed by atoms with Crippen LogP contribution in [0.5, 0.6) is 0 Å². The quantitative estimate of drug-likeness (QED) is 0.816. The second-order valence-electron chi connectivity index (χ2n) is 5.26. The van der Waals surface area contributed by atoms with E-state index in [2.05, 4.69) is 35.5 Å². The maximum Gasteiger partial charge on any atom is 0.152 e. The van der Waals surface area contributed by atoms with Crippen molar-refractivity contribution < 1.29 is 0 Å². The Morgan fingerprint density at radius 2 is 2.27 bits per heavy atom. The van der Waals surface area contributed by atoms with Gasteiger partial charge in [-0.15, -0.1) is 10.2 Å². The Hall–Kier alpha value is -0.900. The lowest BCUT2D eigenvalue weighted by atomic mass is 9.96. The van der Waals surface area contributed by atoms with E-state index >= 15 is 0 Å². The van der Waals surface area contributed by atoms with Crippen LogP contribution in [0.2, 0.25) is 0 Å². The van der Waals surface area contributed by atoms with Crippen LogP contribution in [0.15, 0.2) is 6.33 Å². The van der Waals surface area contributed by atoms with Gasteiger partial charge < -0.3 is 10.3 Å². The Morgan fingerprint density at radius 3 is 2.80 bits per heavy atom. The van der Waals surface area contributed by atoms with Gasteiger partial charge in [0.15, 0.2) is 5.82 Å². The van der Waals surface area contributed by atoms with Crippen molar-refractivity contribution >= 4 is 0 Å². The van der Waals surface area contributed by atoms with Gasteiger partial charge >= 0.3 is 0 Å². The topological polar surface area (TPSA) is 56.7 Å². The first-order chi connectivity index (χ1) is 7.01. The molecule has 0 radical (unpaired) electrons. The Bertz CT molecular complexity index is 336. The van der Waals surface area contributed by atoms with Gasteiger partial charge in [0, 0.05) is 6.54 Å². The summed E-state index contributed by atoms with van der Waals surface area (Å²) in [5.74, 6) is 2.13. The summed E-state index contributed by atoms with van der Waals surface area (Å²) in [4.78, 5) is 0. The van der Waals surface area contributed by atoms with E-state index in [-0.39, 0.29) is 5.54 Å².